The molecular weight excluding hydrogens is 208 g/mol. The van der Waals surface area contributed by atoms with E-state index in [1.807, 2.05) is 19.9 Å². The molecule has 1 N–H and O–H groups in total. The van der Waals surface area contributed by atoms with Crippen molar-refractivity contribution < 1.29 is 0 Å². The topological polar surface area (TPSA) is 28.7 Å². The Morgan fingerprint density at radius 1 is 1.33 bits per heavy atom. The van der Waals surface area contributed by atoms with Crippen LogP contribution in [0.15, 0.2) is 6.07 Å². The summed E-state index contributed by atoms with van der Waals surface area (Å²) in [7, 11) is 0. The van der Waals surface area contributed by atoms with Gasteiger partial charge in [0.2, 0.25) is 0 Å². The predicted molar refractivity (Wildman–Crippen MR) is 64.7 cm³/mol. The maximum Gasteiger partial charge on any atom is 0.0930 e. The molecule has 0 aliphatic carbocycles. The van der Waals surface area contributed by atoms with E-state index >= 15 is 0 Å². The number of aromatic nitrogens is 2. The Hall–Kier alpha value is -1.02. The maximum atomic E-state index is 6.35. The van der Waals surface area contributed by atoms with E-state index in [0.29, 0.717) is 5.92 Å². The Kier molecular flexibility index (Phi) is 2.47. The van der Waals surface area contributed by atoms with Gasteiger partial charge in [-0.1, -0.05) is 25.4 Å². The van der Waals surface area contributed by atoms with Gasteiger partial charge in [0.1, 0.15) is 0 Å². The number of nitrogens with zero attached hydrogens (tertiary/aromatic N) is 1. The minimum Gasteiger partial charge on any atom is -0.282 e. The zero-order valence-corrected chi connectivity index (χ0v) is 10.2. The first-order chi connectivity index (χ1) is 7.02. The summed E-state index contributed by atoms with van der Waals surface area (Å²) in [5, 5.41) is 9.36. The van der Waals surface area contributed by atoms with Gasteiger partial charge in [-0.2, -0.15) is 5.10 Å². The molecule has 0 bridgehead atoms. The second kappa shape index (κ2) is 3.53. The van der Waals surface area contributed by atoms with Crippen molar-refractivity contribution in [3.63, 3.8) is 0 Å². The molecule has 0 amide bonds. The van der Waals surface area contributed by atoms with E-state index in [-0.39, 0.29) is 0 Å². The highest BCUT2D eigenvalue weighted by atomic mass is 35.5. The molecule has 1 heterocycles. The van der Waals surface area contributed by atoms with Crippen LogP contribution in [0.25, 0.3) is 10.9 Å². The van der Waals surface area contributed by atoms with Crippen LogP contribution in [0.5, 0.6) is 0 Å². The lowest BCUT2D eigenvalue weighted by Crippen LogP contribution is -1.93. The Morgan fingerprint density at radius 2 is 2.00 bits per heavy atom. The molecule has 2 nitrogen and oxygen atoms in total. The summed E-state index contributed by atoms with van der Waals surface area (Å²) < 4.78 is 0. The molecule has 15 heavy (non-hydrogen) atoms. The van der Waals surface area contributed by atoms with Crippen molar-refractivity contribution in [1.82, 2.24) is 10.2 Å². The van der Waals surface area contributed by atoms with Crippen LogP contribution in [0.4, 0.5) is 0 Å². The Labute approximate surface area is 94.6 Å². The van der Waals surface area contributed by atoms with E-state index in [0.717, 1.165) is 21.8 Å². The number of nitrogens with one attached hydrogen (secondary N) is 1. The molecule has 1 aromatic carbocycles. The van der Waals surface area contributed by atoms with Crippen molar-refractivity contribution in [3.05, 3.63) is 27.9 Å². The average molecular weight is 223 g/mol. The van der Waals surface area contributed by atoms with Gasteiger partial charge in [0.05, 0.1) is 5.52 Å². The summed E-state index contributed by atoms with van der Waals surface area (Å²) in [6, 6.07) is 2.03. The molecule has 0 spiro atoms. The largest absolute Gasteiger partial charge is 0.282 e. The highest BCUT2D eigenvalue weighted by molar-refractivity contribution is 6.33. The number of rotatable bonds is 1. The first-order valence-corrected chi connectivity index (χ1v) is 5.53. The van der Waals surface area contributed by atoms with Crippen molar-refractivity contribution in [3.8, 4) is 0 Å². The molecule has 2 rings (SSSR count). The van der Waals surface area contributed by atoms with Crippen LogP contribution in [0.3, 0.4) is 0 Å². The van der Waals surface area contributed by atoms with E-state index in [4.69, 9.17) is 11.6 Å². The van der Waals surface area contributed by atoms with Crippen molar-refractivity contribution in [2.45, 2.75) is 33.6 Å². The summed E-state index contributed by atoms with van der Waals surface area (Å²) in [6.07, 6.45) is 0. The van der Waals surface area contributed by atoms with Gasteiger partial charge in [0.15, 0.2) is 0 Å². The summed E-state index contributed by atoms with van der Waals surface area (Å²) in [5.74, 6) is 0.413. The number of hydrogen-bond donors (Lipinski definition) is 1. The lowest BCUT2D eigenvalue weighted by Gasteiger charge is -2.12. The van der Waals surface area contributed by atoms with Gasteiger partial charge in [-0.15, -0.1) is 0 Å². The van der Waals surface area contributed by atoms with Crippen LogP contribution in [-0.2, 0) is 0 Å². The molecule has 0 atom stereocenters. The number of aromatic amines is 1. The van der Waals surface area contributed by atoms with Gasteiger partial charge in [-0.3, -0.25) is 5.10 Å². The minimum atomic E-state index is 0.413. The molecule has 0 saturated heterocycles. The third-order valence-corrected chi connectivity index (χ3v) is 3.26. The van der Waals surface area contributed by atoms with E-state index in [2.05, 4.69) is 24.0 Å². The molecule has 0 fully saturated rings. The standard InChI is InChI=1S/C12H15ClN2/c1-6(2)10-11-8(4)14-15-9(11)5-7(3)12(10)13/h5-6H,1-4H3,(H,14,15). The molecule has 3 heteroatoms. The van der Waals surface area contributed by atoms with Gasteiger partial charge in [0.25, 0.3) is 0 Å². The molecule has 1 aromatic heterocycles. The fraction of sp³-hybridized carbons (Fsp3) is 0.417. The van der Waals surface area contributed by atoms with Crippen LogP contribution >= 0.6 is 11.6 Å². The lowest BCUT2D eigenvalue weighted by atomic mass is 9.95. The first-order valence-electron chi connectivity index (χ1n) is 5.16. The maximum absolute atomic E-state index is 6.35. The molecular formula is C12H15ClN2. The second-order valence-corrected chi connectivity index (χ2v) is 4.70. The summed E-state index contributed by atoms with van der Waals surface area (Å²) in [4.78, 5) is 0. The van der Waals surface area contributed by atoms with Gasteiger partial charge >= 0.3 is 0 Å². The van der Waals surface area contributed by atoms with Gasteiger partial charge < -0.3 is 0 Å². The Balaban J connectivity index is 2.93. The van der Waals surface area contributed by atoms with Crippen LogP contribution in [0.1, 0.15) is 36.6 Å². The van der Waals surface area contributed by atoms with Gasteiger partial charge in [-0.05, 0) is 37.0 Å². The fourth-order valence-corrected chi connectivity index (χ4v) is 2.39. The highest BCUT2D eigenvalue weighted by Gasteiger charge is 2.15. The van der Waals surface area contributed by atoms with E-state index in [9.17, 15) is 0 Å². The fourth-order valence-electron chi connectivity index (χ4n) is 2.03. The van der Waals surface area contributed by atoms with Crippen LogP contribution < -0.4 is 0 Å². The van der Waals surface area contributed by atoms with Crippen molar-refractivity contribution in [1.29, 1.82) is 0 Å². The molecule has 0 aliphatic rings. The molecule has 0 unspecified atom stereocenters. The number of hydrogen-bond acceptors (Lipinski definition) is 1. The number of benzene rings is 1. The second-order valence-electron chi connectivity index (χ2n) is 4.32. The Bertz CT molecular complexity index is 512. The van der Waals surface area contributed by atoms with E-state index in [1.165, 1.54) is 10.9 Å². The number of aryl methyl sites for hydroxylation is 2. The smallest absolute Gasteiger partial charge is 0.0930 e. The predicted octanol–water partition coefficient (Wildman–Crippen LogP) is 3.96. The SMILES string of the molecule is Cc1cc2n[nH]c(C)c2c(C(C)C)c1Cl. The van der Waals surface area contributed by atoms with Crippen LogP contribution in [0, 0.1) is 13.8 Å². The zero-order valence-electron chi connectivity index (χ0n) is 9.48. The monoisotopic (exact) mass is 222 g/mol. The minimum absolute atomic E-state index is 0.413. The molecule has 2 aromatic rings. The number of fused-ring (bicyclic) bond motifs is 1. The third-order valence-electron chi connectivity index (χ3n) is 2.76. The van der Waals surface area contributed by atoms with E-state index < -0.39 is 0 Å². The first kappa shape index (κ1) is 10.5. The number of H-pyrrole nitrogens is 1. The van der Waals surface area contributed by atoms with Gasteiger partial charge in [-0.25, -0.2) is 0 Å². The zero-order chi connectivity index (χ0) is 11.2. The van der Waals surface area contributed by atoms with Crippen molar-refractivity contribution in [2.24, 2.45) is 0 Å². The van der Waals surface area contributed by atoms with Crippen LogP contribution in [0.2, 0.25) is 5.02 Å². The Morgan fingerprint density at radius 3 is 2.60 bits per heavy atom. The van der Waals surface area contributed by atoms with Crippen LogP contribution in [-0.4, -0.2) is 10.2 Å². The third kappa shape index (κ3) is 1.53. The number of halogens is 1. The van der Waals surface area contributed by atoms with E-state index in [1.54, 1.807) is 0 Å². The molecule has 0 aliphatic heterocycles. The summed E-state index contributed by atoms with van der Waals surface area (Å²) in [5.41, 5.74) is 4.41. The lowest BCUT2D eigenvalue weighted by molar-refractivity contribution is 0.874. The highest BCUT2D eigenvalue weighted by Crippen LogP contribution is 2.35. The molecule has 0 radical (unpaired) electrons. The summed E-state index contributed by atoms with van der Waals surface area (Å²) in [6.45, 7) is 8.38. The average Bonchev–Trinajstić information content (AvgIpc) is 2.49. The van der Waals surface area contributed by atoms with Crippen molar-refractivity contribution >= 4 is 22.5 Å². The quantitative estimate of drug-likeness (QED) is 0.778. The summed E-state index contributed by atoms with van der Waals surface area (Å²) >= 11 is 6.35. The van der Waals surface area contributed by atoms with Gasteiger partial charge in [0, 0.05) is 16.1 Å². The van der Waals surface area contributed by atoms with Crippen molar-refractivity contribution in [2.75, 3.05) is 0 Å². The molecule has 0 saturated carbocycles. The normalized spacial score (nSPS) is 11.6. The molecule has 80 valence electrons.